The Kier molecular flexibility index (Phi) is 7.15. The molecule has 5 atom stereocenters. The number of hydrogen-bond acceptors (Lipinski definition) is 5. The van der Waals surface area contributed by atoms with Crippen LogP contribution in [0.25, 0.3) is 0 Å². The van der Waals surface area contributed by atoms with Gasteiger partial charge in [-0.1, -0.05) is 19.9 Å². The summed E-state index contributed by atoms with van der Waals surface area (Å²) in [5.41, 5.74) is 1.79. The van der Waals surface area contributed by atoms with E-state index >= 15 is 0 Å². The van der Waals surface area contributed by atoms with Gasteiger partial charge in [0, 0.05) is 50.1 Å². The largest absolute Gasteiger partial charge is 0.497 e. The first kappa shape index (κ1) is 23.2. The molecule has 0 spiro atoms. The second-order valence-electron chi connectivity index (χ2n) is 9.70. The number of amides is 1. The van der Waals surface area contributed by atoms with Crippen LogP contribution in [0.4, 0.5) is 4.39 Å². The van der Waals surface area contributed by atoms with Gasteiger partial charge in [0.1, 0.15) is 5.76 Å². The van der Waals surface area contributed by atoms with Crippen molar-refractivity contribution in [2.75, 3.05) is 33.4 Å². The lowest BCUT2D eigenvalue weighted by Crippen LogP contribution is -2.45. The van der Waals surface area contributed by atoms with Crippen LogP contribution in [0.5, 0.6) is 0 Å². The molecule has 0 aromatic carbocycles. The molecule has 4 aliphatic rings. The van der Waals surface area contributed by atoms with Crippen molar-refractivity contribution in [3.63, 3.8) is 0 Å². The average molecular weight is 446 g/mol. The number of halogens is 1. The molecule has 5 unspecified atom stereocenters. The van der Waals surface area contributed by atoms with Crippen molar-refractivity contribution in [1.29, 1.82) is 0 Å². The molecule has 2 heterocycles. The summed E-state index contributed by atoms with van der Waals surface area (Å²) in [6.07, 6.45) is 9.08. The molecule has 0 aromatic rings. The quantitative estimate of drug-likeness (QED) is 0.652. The van der Waals surface area contributed by atoms with E-state index in [0.29, 0.717) is 30.1 Å². The summed E-state index contributed by atoms with van der Waals surface area (Å²) in [6, 6.07) is 0.857. The van der Waals surface area contributed by atoms with Crippen LogP contribution in [0.1, 0.15) is 40.0 Å². The van der Waals surface area contributed by atoms with Gasteiger partial charge in [-0.25, -0.2) is 0 Å². The van der Waals surface area contributed by atoms with Crippen molar-refractivity contribution in [3.8, 4) is 0 Å². The summed E-state index contributed by atoms with van der Waals surface area (Å²) in [6.45, 7) is 8.20. The first-order valence-electron chi connectivity index (χ1n) is 11.9. The molecular weight excluding hydrogens is 409 g/mol. The number of carbonyl (C=O) groups is 1. The number of aliphatic imine (C=N–C) groups is 1. The molecule has 32 heavy (non-hydrogen) atoms. The highest BCUT2D eigenvalue weighted by Crippen LogP contribution is 2.44. The Morgan fingerprint density at radius 1 is 1.28 bits per heavy atom. The summed E-state index contributed by atoms with van der Waals surface area (Å²) >= 11 is 0. The molecule has 1 saturated heterocycles. The number of dihydropyridines is 1. The number of ether oxygens (including phenoxy) is 2. The second kappa shape index (κ2) is 9.87. The average Bonchev–Trinajstić information content (AvgIpc) is 3.53. The van der Waals surface area contributed by atoms with Crippen molar-refractivity contribution < 1.29 is 18.7 Å². The van der Waals surface area contributed by atoms with Gasteiger partial charge in [0.05, 0.1) is 19.8 Å². The van der Waals surface area contributed by atoms with Gasteiger partial charge in [-0.2, -0.15) is 4.39 Å². The summed E-state index contributed by atoms with van der Waals surface area (Å²) < 4.78 is 26.0. The van der Waals surface area contributed by atoms with Gasteiger partial charge in [0.2, 0.25) is 11.9 Å². The van der Waals surface area contributed by atoms with Crippen LogP contribution in [0.15, 0.2) is 40.1 Å². The molecule has 0 radical (unpaired) electrons. The Bertz CT molecular complexity index is 841. The standard InChI is InChI=1S/C25H36FN3O3/c1-15-9-18(25(26)27-13-15)14-32-24-16(2)10-20(31-4)11-22(24)21-12-23(21)28-19-5-7-29(8-6-19)17(3)30/h9-11,15-16,19,21,23-24,28H,5-8,12-14H2,1-4H3. The minimum Gasteiger partial charge on any atom is -0.497 e. The number of likely N-dealkylation sites (tertiary alicyclic amines) is 1. The molecular formula is C25H36FN3O3. The minimum atomic E-state index is -0.395. The van der Waals surface area contributed by atoms with Gasteiger partial charge in [0.25, 0.3) is 0 Å². The number of hydrogen-bond donors (Lipinski definition) is 1. The van der Waals surface area contributed by atoms with Gasteiger partial charge in [-0.15, -0.1) is 0 Å². The van der Waals surface area contributed by atoms with Crippen LogP contribution in [0.3, 0.4) is 0 Å². The zero-order valence-electron chi connectivity index (χ0n) is 19.6. The lowest BCUT2D eigenvalue weighted by Gasteiger charge is -2.33. The van der Waals surface area contributed by atoms with Gasteiger partial charge in [-0.3, -0.25) is 9.79 Å². The van der Waals surface area contributed by atoms with E-state index in [-0.39, 0.29) is 30.5 Å². The number of nitrogens with zero attached hydrogens (tertiary/aromatic N) is 2. The Hall–Kier alpha value is -1.99. The summed E-state index contributed by atoms with van der Waals surface area (Å²) in [5.74, 6) is 1.41. The van der Waals surface area contributed by atoms with E-state index in [4.69, 9.17) is 9.47 Å². The lowest BCUT2D eigenvalue weighted by molar-refractivity contribution is -0.129. The van der Waals surface area contributed by atoms with E-state index in [1.54, 1.807) is 14.0 Å². The molecule has 4 rings (SSSR count). The molecule has 2 aliphatic heterocycles. The zero-order valence-corrected chi connectivity index (χ0v) is 19.6. The first-order chi connectivity index (χ1) is 15.4. The third-order valence-electron chi connectivity index (χ3n) is 7.07. The Balaban J connectivity index is 1.38. The normalized spacial score (nSPS) is 33.2. The summed E-state index contributed by atoms with van der Waals surface area (Å²) in [5, 5.41) is 3.80. The molecule has 0 bridgehead atoms. The fourth-order valence-electron chi connectivity index (χ4n) is 5.13. The summed E-state index contributed by atoms with van der Waals surface area (Å²) in [7, 11) is 1.69. The topological polar surface area (TPSA) is 63.2 Å². The third-order valence-corrected chi connectivity index (χ3v) is 7.07. The van der Waals surface area contributed by atoms with E-state index < -0.39 is 5.97 Å². The first-order valence-corrected chi connectivity index (χ1v) is 11.9. The number of allylic oxidation sites excluding steroid dienone is 1. The van der Waals surface area contributed by atoms with Crippen LogP contribution < -0.4 is 5.32 Å². The number of rotatable bonds is 7. The Labute approximate surface area is 190 Å². The Morgan fingerprint density at radius 2 is 2.03 bits per heavy atom. The highest BCUT2D eigenvalue weighted by Gasteiger charge is 2.45. The highest BCUT2D eigenvalue weighted by atomic mass is 19.1. The highest BCUT2D eigenvalue weighted by molar-refractivity contribution is 5.93. The number of nitrogens with one attached hydrogen (secondary N) is 1. The van der Waals surface area contributed by atoms with Gasteiger partial charge >= 0.3 is 0 Å². The smallest absolute Gasteiger partial charge is 0.219 e. The number of carbonyl (C=O) groups excluding carboxylic acids is 1. The van der Waals surface area contributed by atoms with Gasteiger partial charge < -0.3 is 19.7 Å². The molecule has 1 N–H and O–H groups in total. The molecule has 7 heteroatoms. The fraction of sp³-hybridized carbons (Fsp3) is 0.680. The van der Waals surface area contributed by atoms with Crippen molar-refractivity contribution in [3.05, 3.63) is 35.1 Å². The zero-order chi connectivity index (χ0) is 22.8. The maximum atomic E-state index is 14.2. The van der Waals surface area contributed by atoms with E-state index in [2.05, 4.69) is 29.4 Å². The third kappa shape index (κ3) is 5.31. The summed E-state index contributed by atoms with van der Waals surface area (Å²) in [4.78, 5) is 17.5. The molecule has 1 amide bonds. The second-order valence-corrected chi connectivity index (χ2v) is 9.70. The molecule has 1 saturated carbocycles. The predicted octanol–water partition coefficient (Wildman–Crippen LogP) is 3.41. The molecule has 2 fully saturated rings. The van der Waals surface area contributed by atoms with Crippen LogP contribution in [0, 0.1) is 17.8 Å². The van der Waals surface area contributed by atoms with E-state index in [1.807, 2.05) is 17.9 Å². The van der Waals surface area contributed by atoms with Crippen molar-refractivity contribution >= 4 is 11.9 Å². The number of methoxy groups -OCH3 is 1. The van der Waals surface area contributed by atoms with Crippen LogP contribution >= 0.6 is 0 Å². The Morgan fingerprint density at radius 3 is 2.72 bits per heavy atom. The van der Waals surface area contributed by atoms with Crippen molar-refractivity contribution in [1.82, 2.24) is 10.2 Å². The SMILES string of the molecule is COC1=CC(C)C(OCC2=CC(C)CN=C2F)C(C2CC2NC2CCN(C(C)=O)CC2)=C1. The van der Waals surface area contributed by atoms with Crippen LogP contribution in [-0.2, 0) is 14.3 Å². The van der Waals surface area contributed by atoms with E-state index in [1.165, 1.54) is 5.57 Å². The maximum Gasteiger partial charge on any atom is 0.219 e. The number of piperidine rings is 1. The van der Waals surface area contributed by atoms with Crippen LogP contribution in [0.2, 0.25) is 0 Å². The fourth-order valence-corrected chi connectivity index (χ4v) is 5.13. The van der Waals surface area contributed by atoms with Crippen LogP contribution in [-0.4, -0.2) is 68.3 Å². The van der Waals surface area contributed by atoms with Gasteiger partial charge in [-0.05, 0) is 48.8 Å². The monoisotopic (exact) mass is 445 g/mol. The molecule has 176 valence electrons. The maximum absolute atomic E-state index is 14.2. The predicted molar refractivity (Wildman–Crippen MR) is 123 cm³/mol. The van der Waals surface area contributed by atoms with E-state index in [0.717, 1.165) is 38.1 Å². The lowest BCUT2D eigenvalue weighted by atomic mass is 9.88. The van der Waals surface area contributed by atoms with Crippen molar-refractivity contribution in [2.45, 2.75) is 58.2 Å². The van der Waals surface area contributed by atoms with Gasteiger partial charge in [0.15, 0.2) is 0 Å². The van der Waals surface area contributed by atoms with E-state index in [9.17, 15) is 9.18 Å². The molecule has 0 aromatic heterocycles. The minimum absolute atomic E-state index is 0.101. The molecule has 6 nitrogen and oxygen atoms in total. The molecule has 2 aliphatic carbocycles. The van der Waals surface area contributed by atoms with Crippen molar-refractivity contribution in [2.24, 2.45) is 22.7 Å².